The fourth-order valence-corrected chi connectivity index (χ4v) is 3.67. The van der Waals surface area contributed by atoms with Crippen LogP contribution in [0.1, 0.15) is 30.4 Å². The van der Waals surface area contributed by atoms with Gasteiger partial charge < -0.3 is 19.7 Å². The number of aliphatic hydroxyl groups is 1. The summed E-state index contributed by atoms with van der Waals surface area (Å²) >= 11 is 0. The predicted molar refractivity (Wildman–Crippen MR) is 103 cm³/mol. The lowest BCUT2D eigenvalue weighted by Gasteiger charge is -2.34. The van der Waals surface area contributed by atoms with Gasteiger partial charge in [0.25, 0.3) is 0 Å². The van der Waals surface area contributed by atoms with Gasteiger partial charge >= 0.3 is 6.03 Å². The Morgan fingerprint density at radius 3 is 2.81 bits per heavy atom. The van der Waals surface area contributed by atoms with E-state index in [0.29, 0.717) is 18.8 Å². The summed E-state index contributed by atoms with van der Waals surface area (Å²) in [5, 5.41) is 14.5. The molecular formula is C21H23N3O3. The highest BCUT2D eigenvalue weighted by atomic mass is 16.3. The number of amides is 2. The van der Waals surface area contributed by atoms with Gasteiger partial charge in [0.2, 0.25) is 0 Å². The van der Waals surface area contributed by atoms with Crippen LogP contribution in [0.3, 0.4) is 0 Å². The zero-order chi connectivity index (χ0) is 18.8. The first-order valence-corrected chi connectivity index (χ1v) is 9.25. The number of hydrogen-bond acceptors (Lipinski definition) is 4. The molecule has 0 spiro atoms. The van der Waals surface area contributed by atoms with Gasteiger partial charge in [-0.3, -0.25) is 4.98 Å². The number of nitrogens with zero attached hydrogens (tertiary/aromatic N) is 2. The van der Waals surface area contributed by atoms with E-state index in [2.05, 4.69) is 10.3 Å². The highest BCUT2D eigenvalue weighted by Gasteiger charge is 2.28. The van der Waals surface area contributed by atoms with Gasteiger partial charge in [0.05, 0.1) is 11.8 Å². The van der Waals surface area contributed by atoms with E-state index in [0.717, 1.165) is 35.3 Å². The van der Waals surface area contributed by atoms with E-state index < -0.39 is 6.10 Å². The molecule has 0 saturated carbocycles. The number of urea groups is 1. The number of likely N-dealkylation sites (tertiary alicyclic amines) is 1. The third-order valence-electron chi connectivity index (χ3n) is 5.15. The second-order valence-corrected chi connectivity index (χ2v) is 7.06. The number of aryl methyl sites for hydroxylation is 1. The highest BCUT2D eigenvalue weighted by Crippen LogP contribution is 2.30. The number of nitrogens with one attached hydrogen (secondary N) is 1. The van der Waals surface area contributed by atoms with E-state index in [1.165, 1.54) is 0 Å². The van der Waals surface area contributed by atoms with E-state index in [9.17, 15) is 9.90 Å². The first-order valence-electron chi connectivity index (χ1n) is 9.25. The van der Waals surface area contributed by atoms with Crippen LogP contribution in [0, 0.1) is 12.8 Å². The predicted octanol–water partition coefficient (Wildman–Crippen LogP) is 4.11. The molecule has 1 saturated heterocycles. The number of fused-ring (bicyclic) bond motifs is 1. The Kier molecular flexibility index (Phi) is 4.81. The van der Waals surface area contributed by atoms with Gasteiger partial charge in [0.1, 0.15) is 11.3 Å². The van der Waals surface area contributed by atoms with Crippen LogP contribution in [0.15, 0.2) is 53.1 Å². The Hall–Kier alpha value is -2.86. The summed E-state index contributed by atoms with van der Waals surface area (Å²) in [6.45, 7) is 3.14. The first kappa shape index (κ1) is 17.5. The summed E-state index contributed by atoms with van der Waals surface area (Å²) in [6, 6.07) is 13.0. The molecule has 1 aromatic carbocycles. The van der Waals surface area contributed by atoms with E-state index in [1.54, 1.807) is 11.1 Å². The topological polar surface area (TPSA) is 78.6 Å². The van der Waals surface area contributed by atoms with Gasteiger partial charge in [-0.05, 0) is 62.1 Å². The summed E-state index contributed by atoms with van der Waals surface area (Å²) in [5.41, 5.74) is 2.27. The quantitative estimate of drug-likeness (QED) is 0.732. The summed E-state index contributed by atoms with van der Waals surface area (Å²) in [6.07, 6.45) is 2.62. The minimum Gasteiger partial charge on any atom is -0.461 e. The van der Waals surface area contributed by atoms with Crippen molar-refractivity contribution >= 4 is 22.7 Å². The molecule has 0 radical (unpaired) electrons. The molecule has 0 aliphatic carbocycles. The Morgan fingerprint density at radius 2 is 2.07 bits per heavy atom. The third-order valence-corrected chi connectivity index (χ3v) is 5.15. The summed E-state index contributed by atoms with van der Waals surface area (Å²) in [5.74, 6) is 0.969. The van der Waals surface area contributed by atoms with Crippen molar-refractivity contribution in [2.75, 3.05) is 18.4 Å². The van der Waals surface area contributed by atoms with Crippen molar-refractivity contribution in [2.45, 2.75) is 25.9 Å². The van der Waals surface area contributed by atoms with Crippen molar-refractivity contribution in [1.82, 2.24) is 9.88 Å². The third kappa shape index (κ3) is 3.80. The lowest BCUT2D eigenvalue weighted by Crippen LogP contribution is -2.42. The Bertz CT molecular complexity index is 930. The molecule has 140 valence electrons. The molecule has 0 bridgehead atoms. The molecule has 1 atom stereocenters. The maximum Gasteiger partial charge on any atom is 0.321 e. The van der Waals surface area contributed by atoms with Crippen LogP contribution < -0.4 is 5.32 Å². The fourth-order valence-electron chi connectivity index (χ4n) is 3.67. The van der Waals surface area contributed by atoms with Crippen LogP contribution in [-0.4, -0.2) is 34.1 Å². The normalized spacial score (nSPS) is 16.4. The van der Waals surface area contributed by atoms with Gasteiger partial charge in [-0.25, -0.2) is 4.79 Å². The largest absolute Gasteiger partial charge is 0.461 e. The van der Waals surface area contributed by atoms with Crippen LogP contribution in [0.2, 0.25) is 0 Å². The minimum atomic E-state index is -0.580. The van der Waals surface area contributed by atoms with Gasteiger partial charge in [0.15, 0.2) is 0 Å². The Balaban J connectivity index is 1.35. The Labute approximate surface area is 157 Å². The number of carbonyl (C=O) groups is 1. The second kappa shape index (κ2) is 7.40. The van der Waals surface area contributed by atoms with Crippen molar-refractivity contribution in [2.24, 2.45) is 5.92 Å². The maximum atomic E-state index is 12.6. The molecule has 1 aliphatic rings. The monoisotopic (exact) mass is 365 g/mol. The Morgan fingerprint density at radius 1 is 1.26 bits per heavy atom. The molecule has 4 rings (SSSR count). The van der Waals surface area contributed by atoms with Crippen LogP contribution in [0.4, 0.5) is 10.5 Å². The van der Waals surface area contributed by atoms with E-state index in [4.69, 9.17) is 4.42 Å². The smallest absolute Gasteiger partial charge is 0.321 e. The summed E-state index contributed by atoms with van der Waals surface area (Å²) in [7, 11) is 0. The van der Waals surface area contributed by atoms with Crippen LogP contribution in [0.25, 0.3) is 11.0 Å². The standard InChI is InChI=1S/C21H23N3O3/c1-14-12-16-13-17(5-6-19(16)27-14)23-21(26)24-10-7-15(8-11-24)20(25)18-4-2-3-9-22-18/h2-6,9,12-13,15,20,25H,7-8,10-11H2,1H3,(H,23,26). The molecule has 2 N–H and O–H groups in total. The fraction of sp³-hybridized carbons (Fsp3) is 0.333. The van der Waals surface area contributed by atoms with E-state index in [-0.39, 0.29) is 11.9 Å². The molecular weight excluding hydrogens is 342 g/mol. The number of hydrogen-bond donors (Lipinski definition) is 2. The number of pyridine rings is 1. The van der Waals surface area contributed by atoms with E-state index >= 15 is 0 Å². The van der Waals surface area contributed by atoms with Crippen molar-refractivity contribution < 1.29 is 14.3 Å². The van der Waals surface area contributed by atoms with Crippen molar-refractivity contribution in [3.05, 3.63) is 60.1 Å². The number of benzene rings is 1. The van der Waals surface area contributed by atoms with E-state index in [1.807, 2.05) is 49.4 Å². The number of rotatable bonds is 3. The number of aromatic nitrogens is 1. The van der Waals surface area contributed by atoms with Crippen LogP contribution >= 0.6 is 0 Å². The molecule has 1 fully saturated rings. The van der Waals surface area contributed by atoms with Gasteiger partial charge in [-0.1, -0.05) is 6.07 Å². The molecule has 6 nitrogen and oxygen atoms in total. The maximum absolute atomic E-state index is 12.6. The molecule has 3 heterocycles. The first-order chi connectivity index (χ1) is 13.1. The molecule has 1 unspecified atom stereocenters. The number of anilines is 1. The average Bonchev–Trinajstić information content (AvgIpc) is 3.07. The van der Waals surface area contributed by atoms with Crippen LogP contribution in [0.5, 0.6) is 0 Å². The molecule has 2 aromatic heterocycles. The van der Waals surface area contributed by atoms with Crippen molar-refractivity contribution in [3.8, 4) is 0 Å². The van der Waals surface area contributed by atoms with Crippen molar-refractivity contribution in [1.29, 1.82) is 0 Å². The zero-order valence-electron chi connectivity index (χ0n) is 15.3. The average molecular weight is 365 g/mol. The van der Waals surface area contributed by atoms with Crippen molar-refractivity contribution in [3.63, 3.8) is 0 Å². The molecule has 6 heteroatoms. The van der Waals surface area contributed by atoms with Gasteiger partial charge in [-0.15, -0.1) is 0 Å². The second-order valence-electron chi connectivity index (χ2n) is 7.06. The zero-order valence-corrected chi connectivity index (χ0v) is 15.3. The number of aliphatic hydroxyl groups excluding tert-OH is 1. The number of carbonyl (C=O) groups excluding carboxylic acids is 1. The summed E-state index contributed by atoms with van der Waals surface area (Å²) < 4.78 is 5.56. The number of furan rings is 1. The molecule has 2 amide bonds. The summed E-state index contributed by atoms with van der Waals surface area (Å²) in [4.78, 5) is 18.6. The highest BCUT2D eigenvalue weighted by molar-refractivity contribution is 5.92. The molecule has 3 aromatic rings. The van der Waals surface area contributed by atoms with Crippen LogP contribution in [-0.2, 0) is 0 Å². The SMILES string of the molecule is Cc1cc2cc(NC(=O)N3CCC(C(O)c4ccccn4)CC3)ccc2o1. The number of piperidine rings is 1. The molecule has 1 aliphatic heterocycles. The van der Waals surface area contributed by atoms with Gasteiger partial charge in [0, 0.05) is 30.4 Å². The van der Waals surface area contributed by atoms with Gasteiger partial charge in [-0.2, -0.15) is 0 Å². The lowest BCUT2D eigenvalue weighted by atomic mass is 9.89. The minimum absolute atomic E-state index is 0.111. The lowest BCUT2D eigenvalue weighted by molar-refractivity contribution is 0.0652. The molecule has 27 heavy (non-hydrogen) atoms.